The lowest BCUT2D eigenvalue weighted by Crippen LogP contribution is -2.30. The quantitative estimate of drug-likeness (QED) is 0.455. The molecule has 0 bridgehead atoms. The van der Waals surface area contributed by atoms with Crippen LogP contribution >= 0.6 is 30.8 Å². The first-order valence-corrected chi connectivity index (χ1v) is 5.97. The van der Waals surface area contributed by atoms with Gasteiger partial charge in [0, 0.05) is 24.8 Å². The van der Waals surface area contributed by atoms with Crippen molar-refractivity contribution in [3.05, 3.63) is 0 Å². The maximum Gasteiger partial charge on any atom is 0.276 e. The maximum absolute atomic E-state index is 11.2. The van der Waals surface area contributed by atoms with E-state index in [9.17, 15) is 4.57 Å². The van der Waals surface area contributed by atoms with E-state index in [1.165, 1.54) is 0 Å². The Labute approximate surface area is 76.3 Å². The summed E-state index contributed by atoms with van der Waals surface area (Å²) in [5, 5.41) is 5.15. The molecule has 0 rings (SSSR count). The molecule has 0 aliphatic carbocycles. The molecule has 0 aromatic carbocycles. The number of nitrogens with one attached hydrogen (secondary N) is 2. The molecule has 0 spiro atoms. The fourth-order valence-electron chi connectivity index (χ4n) is 0.473. The Bertz CT molecular complexity index is 133. The van der Waals surface area contributed by atoms with E-state index in [4.69, 9.17) is 28.7 Å². The third kappa shape index (κ3) is 7.06. The molecular weight excluding hydrogens is 208 g/mol. The predicted molar refractivity (Wildman–Crippen MR) is 49.2 cm³/mol. The first-order chi connectivity index (χ1) is 5.12. The van der Waals surface area contributed by atoms with Crippen molar-refractivity contribution in [3.8, 4) is 0 Å². The molecular formula is C4H12Cl2N3OP. The van der Waals surface area contributed by atoms with E-state index < -0.39 is 7.59 Å². The third-order valence-electron chi connectivity index (χ3n) is 0.882. The van der Waals surface area contributed by atoms with E-state index in [2.05, 4.69) is 10.2 Å². The average Bonchev–Trinajstić information content (AvgIpc) is 1.97. The zero-order chi connectivity index (χ0) is 8.74. The molecule has 4 N–H and O–H groups in total. The number of hydrogen-bond acceptors (Lipinski definition) is 1. The fraction of sp³-hybridized carbons (Fsp3) is 1.00. The smallest absolute Gasteiger partial charge is 0.271 e. The Kier molecular flexibility index (Phi) is 6.62. The summed E-state index contributed by atoms with van der Waals surface area (Å²) in [6.07, 6.45) is 0. The lowest BCUT2D eigenvalue weighted by atomic mass is 10.8. The summed E-state index contributed by atoms with van der Waals surface area (Å²) in [4.78, 5) is 0. The summed E-state index contributed by atoms with van der Waals surface area (Å²) in [6.45, 7) is 0.842. The zero-order valence-electron chi connectivity index (χ0n) is 6.02. The summed E-state index contributed by atoms with van der Waals surface area (Å²) in [6, 6.07) is 0. The average molecular weight is 220 g/mol. The van der Waals surface area contributed by atoms with Crippen molar-refractivity contribution in [2.75, 3.05) is 24.8 Å². The van der Waals surface area contributed by atoms with E-state index in [1.807, 2.05) is 0 Å². The standard InChI is InChI=1S/C4H12Cl2N3OP/c5-1-3-8-11(7,10)9-4-2-6/h1-4H2,(H4,7,8,9,10). The van der Waals surface area contributed by atoms with Gasteiger partial charge in [-0.3, -0.25) is 10.1 Å². The van der Waals surface area contributed by atoms with Crippen LogP contribution in [0, 0.1) is 0 Å². The zero-order valence-corrected chi connectivity index (χ0v) is 8.42. The van der Waals surface area contributed by atoms with Crippen LogP contribution in [0.2, 0.25) is 0 Å². The van der Waals surface area contributed by atoms with Crippen molar-refractivity contribution in [1.29, 1.82) is 0 Å². The highest BCUT2D eigenvalue weighted by atomic mass is 35.5. The van der Waals surface area contributed by atoms with E-state index in [-0.39, 0.29) is 0 Å². The van der Waals surface area contributed by atoms with Gasteiger partial charge in [0.15, 0.2) is 0 Å². The summed E-state index contributed by atoms with van der Waals surface area (Å²) >= 11 is 10.7. The van der Waals surface area contributed by atoms with Gasteiger partial charge in [-0.15, -0.1) is 23.2 Å². The molecule has 68 valence electrons. The molecule has 0 fully saturated rings. The van der Waals surface area contributed by atoms with Crippen LogP contribution in [0.1, 0.15) is 0 Å². The molecule has 0 radical (unpaired) electrons. The maximum atomic E-state index is 11.2. The number of halogens is 2. The van der Waals surface area contributed by atoms with Crippen molar-refractivity contribution in [2.24, 2.45) is 5.50 Å². The van der Waals surface area contributed by atoms with Crippen LogP contribution in [-0.4, -0.2) is 24.8 Å². The Morgan fingerprint density at radius 1 is 1.18 bits per heavy atom. The molecule has 0 aromatic rings. The second-order valence-electron chi connectivity index (χ2n) is 1.85. The molecule has 4 nitrogen and oxygen atoms in total. The van der Waals surface area contributed by atoms with Crippen molar-refractivity contribution in [1.82, 2.24) is 10.2 Å². The summed E-state index contributed by atoms with van der Waals surface area (Å²) < 4.78 is 11.2. The molecule has 0 unspecified atom stereocenters. The molecule has 7 heteroatoms. The van der Waals surface area contributed by atoms with Gasteiger partial charge < -0.3 is 0 Å². The highest BCUT2D eigenvalue weighted by Crippen LogP contribution is 2.22. The van der Waals surface area contributed by atoms with Crippen molar-refractivity contribution in [2.45, 2.75) is 0 Å². The molecule has 0 aromatic heterocycles. The minimum atomic E-state index is -2.89. The highest BCUT2D eigenvalue weighted by molar-refractivity contribution is 7.57. The molecule has 0 saturated carbocycles. The second kappa shape index (κ2) is 6.23. The Morgan fingerprint density at radius 2 is 1.55 bits per heavy atom. The minimum Gasteiger partial charge on any atom is -0.271 e. The van der Waals surface area contributed by atoms with Crippen LogP contribution in [0.25, 0.3) is 0 Å². The van der Waals surface area contributed by atoms with Crippen LogP contribution in [0.5, 0.6) is 0 Å². The molecule has 0 atom stereocenters. The van der Waals surface area contributed by atoms with Crippen LogP contribution in [0.15, 0.2) is 0 Å². The van der Waals surface area contributed by atoms with Gasteiger partial charge in [-0.1, -0.05) is 0 Å². The fourth-order valence-corrected chi connectivity index (χ4v) is 1.92. The molecule has 0 amide bonds. The van der Waals surface area contributed by atoms with Gasteiger partial charge in [-0.2, -0.15) is 0 Å². The molecule has 0 heterocycles. The van der Waals surface area contributed by atoms with Crippen molar-refractivity contribution in [3.63, 3.8) is 0 Å². The van der Waals surface area contributed by atoms with Crippen LogP contribution < -0.4 is 15.7 Å². The normalized spacial score (nSPS) is 11.9. The van der Waals surface area contributed by atoms with Crippen LogP contribution in [-0.2, 0) is 4.57 Å². The lowest BCUT2D eigenvalue weighted by Gasteiger charge is -2.13. The summed E-state index contributed by atoms with van der Waals surface area (Å²) in [7, 11) is -2.89. The van der Waals surface area contributed by atoms with E-state index in [0.29, 0.717) is 24.8 Å². The first kappa shape index (κ1) is 11.7. The van der Waals surface area contributed by atoms with Gasteiger partial charge in [0.1, 0.15) is 0 Å². The number of hydrogen-bond donors (Lipinski definition) is 3. The summed E-state index contributed by atoms with van der Waals surface area (Å²) in [5.74, 6) is 0.757. The number of alkyl halides is 2. The number of nitrogens with two attached hydrogens (primary N) is 1. The third-order valence-corrected chi connectivity index (χ3v) is 2.65. The van der Waals surface area contributed by atoms with E-state index >= 15 is 0 Å². The van der Waals surface area contributed by atoms with Gasteiger partial charge in [-0.05, 0) is 0 Å². The van der Waals surface area contributed by atoms with Crippen molar-refractivity contribution >= 4 is 30.8 Å². The Hall–Kier alpha value is 0.690. The largest absolute Gasteiger partial charge is 0.276 e. The van der Waals surface area contributed by atoms with Crippen molar-refractivity contribution < 1.29 is 4.57 Å². The predicted octanol–water partition coefficient (Wildman–Crippen LogP) is 0.710. The van der Waals surface area contributed by atoms with Crippen LogP contribution in [0.3, 0.4) is 0 Å². The number of rotatable bonds is 6. The Balaban J connectivity index is 3.53. The molecule has 0 aliphatic rings. The highest BCUT2D eigenvalue weighted by Gasteiger charge is 2.11. The van der Waals surface area contributed by atoms with Gasteiger partial charge in [-0.25, -0.2) is 10.2 Å². The van der Waals surface area contributed by atoms with Gasteiger partial charge in [0.05, 0.1) is 0 Å². The minimum absolute atomic E-state index is 0.379. The topological polar surface area (TPSA) is 67.2 Å². The van der Waals surface area contributed by atoms with Gasteiger partial charge in [0.25, 0.3) is 7.59 Å². The monoisotopic (exact) mass is 219 g/mol. The van der Waals surface area contributed by atoms with E-state index in [1.54, 1.807) is 0 Å². The lowest BCUT2D eigenvalue weighted by molar-refractivity contribution is 0.557. The van der Waals surface area contributed by atoms with Gasteiger partial charge >= 0.3 is 0 Å². The molecule has 11 heavy (non-hydrogen) atoms. The van der Waals surface area contributed by atoms with E-state index in [0.717, 1.165) is 0 Å². The Morgan fingerprint density at radius 3 is 1.82 bits per heavy atom. The summed E-state index contributed by atoms with van der Waals surface area (Å²) in [5.41, 5.74) is 5.30. The molecule has 0 saturated heterocycles. The van der Waals surface area contributed by atoms with Gasteiger partial charge in [0.2, 0.25) is 0 Å². The molecule has 0 aliphatic heterocycles. The second-order valence-corrected chi connectivity index (χ2v) is 4.56. The SMILES string of the molecule is NP(=O)(NCCCl)NCCCl. The van der Waals surface area contributed by atoms with Crippen LogP contribution in [0.4, 0.5) is 0 Å². The first-order valence-electron chi connectivity index (χ1n) is 3.13.